The summed E-state index contributed by atoms with van der Waals surface area (Å²) in [5.41, 5.74) is 1.39. The molecule has 0 spiro atoms. The van der Waals surface area contributed by atoms with Crippen molar-refractivity contribution in [3.05, 3.63) is 35.4 Å². The Morgan fingerprint density at radius 2 is 1.93 bits per heavy atom. The highest BCUT2D eigenvalue weighted by atomic mass is 35.5. The molecule has 0 fully saturated rings. The van der Waals surface area contributed by atoms with Crippen LogP contribution in [0.4, 0.5) is 0 Å². The predicted octanol–water partition coefficient (Wildman–Crippen LogP) is 0.466. The van der Waals surface area contributed by atoms with Gasteiger partial charge in [0, 0.05) is 11.4 Å². The molecular weight excluding hydrogens is 218 g/mol. The van der Waals surface area contributed by atoms with Crippen molar-refractivity contribution < 1.29 is 15.0 Å². The molecule has 1 amide bonds. The molecule has 15 heavy (non-hydrogen) atoms. The molecule has 3 N–H and O–H groups in total. The second-order valence-electron chi connectivity index (χ2n) is 3.02. The van der Waals surface area contributed by atoms with Gasteiger partial charge in [-0.15, -0.1) is 11.6 Å². The molecule has 0 radical (unpaired) electrons. The van der Waals surface area contributed by atoms with Crippen molar-refractivity contribution in [1.82, 2.24) is 5.32 Å². The summed E-state index contributed by atoms with van der Waals surface area (Å²) in [6.45, 7) is -0.184. The Morgan fingerprint density at radius 1 is 1.33 bits per heavy atom. The van der Waals surface area contributed by atoms with E-state index in [4.69, 9.17) is 21.8 Å². The SMILES string of the molecule is O=C(NCC(O)O)c1ccc(CCl)cc1. The van der Waals surface area contributed by atoms with Crippen LogP contribution in [0, 0.1) is 0 Å². The zero-order valence-electron chi connectivity index (χ0n) is 7.98. The molecule has 1 aromatic carbocycles. The molecule has 0 aliphatic heterocycles. The fourth-order valence-corrected chi connectivity index (χ4v) is 1.21. The zero-order valence-corrected chi connectivity index (χ0v) is 8.74. The molecule has 5 heteroatoms. The quantitative estimate of drug-likeness (QED) is 0.519. The van der Waals surface area contributed by atoms with Crippen molar-refractivity contribution in [3.8, 4) is 0 Å². The van der Waals surface area contributed by atoms with Gasteiger partial charge in [0.05, 0.1) is 6.54 Å². The van der Waals surface area contributed by atoms with Crippen LogP contribution in [0.25, 0.3) is 0 Å². The molecule has 4 nitrogen and oxygen atoms in total. The molecule has 1 rings (SSSR count). The summed E-state index contributed by atoms with van der Waals surface area (Å²) < 4.78 is 0. The van der Waals surface area contributed by atoms with Crippen LogP contribution in [0.5, 0.6) is 0 Å². The standard InChI is InChI=1S/C10H12ClNO3/c11-5-7-1-3-8(4-2-7)10(15)12-6-9(13)14/h1-4,9,13-14H,5-6H2,(H,12,15). The largest absolute Gasteiger partial charge is 0.367 e. The molecule has 0 atom stereocenters. The molecule has 0 aliphatic rings. The number of nitrogens with one attached hydrogen (secondary N) is 1. The molecule has 0 saturated heterocycles. The lowest BCUT2D eigenvalue weighted by molar-refractivity contribution is -0.0361. The van der Waals surface area contributed by atoms with Crippen LogP contribution in [0.15, 0.2) is 24.3 Å². The number of aliphatic hydroxyl groups excluding tert-OH is 1. The van der Waals surface area contributed by atoms with Gasteiger partial charge in [-0.05, 0) is 17.7 Å². The molecule has 0 aromatic heterocycles. The van der Waals surface area contributed by atoms with Crippen LogP contribution in [-0.4, -0.2) is 29.0 Å². The van der Waals surface area contributed by atoms with E-state index in [0.29, 0.717) is 11.4 Å². The third kappa shape index (κ3) is 3.87. The van der Waals surface area contributed by atoms with Crippen LogP contribution in [-0.2, 0) is 5.88 Å². The number of benzene rings is 1. The van der Waals surface area contributed by atoms with Gasteiger partial charge in [0.25, 0.3) is 5.91 Å². The minimum absolute atomic E-state index is 0.184. The summed E-state index contributed by atoms with van der Waals surface area (Å²) >= 11 is 5.59. The number of carbonyl (C=O) groups is 1. The summed E-state index contributed by atoms with van der Waals surface area (Å²) in [5, 5.41) is 19.5. The summed E-state index contributed by atoms with van der Waals surface area (Å²) in [5.74, 6) is 0.0567. The highest BCUT2D eigenvalue weighted by molar-refractivity contribution is 6.17. The molecule has 0 unspecified atom stereocenters. The Bertz CT molecular complexity index is 324. The molecule has 1 aromatic rings. The van der Waals surface area contributed by atoms with E-state index < -0.39 is 6.29 Å². The molecule has 0 saturated carbocycles. The maximum Gasteiger partial charge on any atom is 0.251 e. The normalized spacial score (nSPS) is 10.4. The van der Waals surface area contributed by atoms with E-state index in [1.165, 1.54) is 0 Å². The van der Waals surface area contributed by atoms with Gasteiger partial charge in [0.2, 0.25) is 0 Å². The minimum Gasteiger partial charge on any atom is -0.367 e. The summed E-state index contributed by atoms with van der Waals surface area (Å²) in [6.07, 6.45) is -1.53. The van der Waals surface area contributed by atoms with Crippen molar-refractivity contribution in [2.75, 3.05) is 6.54 Å². The van der Waals surface area contributed by atoms with E-state index in [1.807, 2.05) is 0 Å². The first kappa shape index (κ1) is 12.0. The number of alkyl halides is 1. The van der Waals surface area contributed by atoms with Crippen LogP contribution in [0.2, 0.25) is 0 Å². The monoisotopic (exact) mass is 229 g/mol. The maximum atomic E-state index is 11.4. The van der Waals surface area contributed by atoms with Crippen molar-refractivity contribution in [2.45, 2.75) is 12.2 Å². The number of halogens is 1. The first-order valence-corrected chi connectivity index (χ1v) is 4.96. The van der Waals surface area contributed by atoms with E-state index in [1.54, 1.807) is 24.3 Å². The van der Waals surface area contributed by atoms with Crippen LogP contribution < -0.4 is 5.32 Å². The van der Waals surface area contributed by atoms with Gasteiger partial charge in [-0.3, -0.25) is 4.79 Å². The minimum atomic E-state index is -1.53. The van der Waals surface area contributed by atoms with Crippen LogP contribution in [0.3, 0.4) is 0 Å². The second kappa shape index (κ2) is 5.70. The van der Waals surface area contributed by atoms with Gasteiger partial charge in [-0.2, -0.15) is 0 Å². The maximum absolute atomic E-state index is 11.4. The van der Waals surface area contributed by atoms with E-state index in [0.717, 1.165) is 5.56 Å². The number of carbonyl (C=O) groups excluding carboxylic acids is 1. The van der Waals surface area contributed by atoms with Gasteiger partial charge in [-0.25, -0.2) is 0 Å². The topological polar surface area (TPSA) is 69.6 Å². The Balaban J connectivity index is 2.58. The zero-order chi connectivity index (χ0) is 11.3. The number of aliphatic hydroxyl groups is 2. The fourth-order valence-electron chi connectivity index (χ4n) is 1.03. The van der Waals surface area contributed by atoms with Crippen LogP contribution >= 0.6 is 11.6 Å². The molecule has 0 bridgehead atoms. The summed E-state index contributed by atoms with van der Waals surface area (Å²) in [7, 11) is 0. The van der Waals surface area contributed by atoms with E-state index in [-0.39, 0.29) is 12.5 Å². The van der Waals surface area contributed by atoms with Crippen molar-refractivity contribution in [1.29, 1.82) is 0 Å². The van der Waals surface area contributed by atoms with Gasteiger partial charge in [0.1, 0.15) is 0 Å². The smallest absolute Gasteiger partial charge is 0.251 e. The Labute approximate surface area is 92.5 Å². The Morgan fingerprint density at radius 3 is 2.40 bits per heavy atom. The Hall–Kier alpha value is -1.10. The third-order valence-electron chi connectivity index (χ3n) is 1.82. The van der Waals surface area contributed by atoms with Crippen molar-refractivity contribution >= 4 is 17.5 Å². The van der Waals surface area contributed by atoms with Gasteiger partial charge < -0.3 is 15.5 Å². The molecule has 0 aliphatic carbocycles. The molecule has 0 heterocycles. The van der Waals surface area contributed by atoms with E-state index >= 15 is 0 Å². The summed E-state index contributed by atoms with van der Waals surface area (Å²) in [4.78, 5) is 11.4. The second-order valence-corrected chi connectivity index (χ2v) is 3.29. The van der Waals surface area contributed by atoms with Gasteiger partial charge >= 0.3 is 0 Å². The molecule has 82 valence electrons. The van der Waals surface area contributed by atoms with Gasteiger partial charge in [0.15, 0.2) is 6.29 Å². The predicted molar refractivity (Wildman–Crippen MR) is 56.6 cm³/mol. The lowest BCUT2D eigenvalue weighted by Crippen LogP contribution is -2.31. The average molecular weight is 230 g/mol. The highest BCUT2D eigenvalue weighted by Crippen LogP contribution is 2.06. The number of hydrogen-bond donors (Lipinski definition) is 3. The number of rotatable bonds is 4. The lowest BCUT2D eigenvalue weighted by Gasteiger charge is -2.06. The van der Waals surface area contributed by atoms with E-state index in [2.05, 4.69) is 5.32 Å². The number of hydrogen-bond acceptors (Lipinski definition) is 3. The number of amides is 1. The first-order chi connectivity index (χ1) is 7.13. The van der Waals surface area contributed by atoms with E-state index in [9.17, 15) is 4.79 Å². The van der Waals surface area contributed by atoms with Crippen molar-refractivity contribution in [2.24, 2.45) is 0 Å². The lowest BCUT2D eigenvalue weighted by atomic mass is 10.1. The Kier molecular flexibility index (Phi) is 4.55. The average Bonchev–Trinajstić information content (AvgIpc) is 2.26. The highest BCUT2D eigenvalue weighted by Gasteiger charge is 2.06. The van der Waals surface area contributed by atoms with Crippen LogP contribution in [0.1, 0.15) is 15.9 Å². The van der Waals surface area contributed by atoms with Gasteiger partial charge in [-0.1, -0.05) is 12.1 Å². The third-order valence-corrected chi connectivity index (χ3v) is 2.12. The fraction of sp³-hybridized carbons (Fsp3) is 0.300. The van der Waals surface area contributed by atoms with Crippen molar-refractivity contribution in [3.63, 3.8) is 0 Å². The first-order valence-electron chi connectivity index (χ1n) is 4.42. The molecular formula is C10H12ClNO3. The summed E-state index contributed by atoms with van der Waals surface area (Å²) in [6, 6.07) is 6.77.